The minimum atomic E-state index is 0.525. The van der Waals surface area contributed by atoms with Crippen LogP contribution in [-0.2, 0) is 6.54 Å². The highest BCUT2D eigenvalue weighted by molar-refractivity contribution is 5.92. The Morgan fingerprint density at radius 1 is 1.05 bits per heavy atom. The minimum absolute atomic E-state index is 0.525. The van der Waals surface area contributed by atoms with Crippen LogP contribution in [0.3, 0.4) is 0 Å². The summed E-state index contributed by atoms with van der Waals surface area (Å²) in [6, 6.07) is 16.0. The van der Waals surface area contributed by atoms with E-state index in [1.807, 2.05) is 48.5 Å². The standard InChI is InChI=1S/C15H14N4/c16-9-11-4-3-6-13(8-11)18-15-14-7-2-1-5-12(14)10-17-19-15/h1-8,10H,9,16H2,(H,18,19). The molecule has 0 aliphatic rings. The molecule has 0 fully saturated rings. The van der Waals surface area contributed by atoms with Gasteiger partial charge in [-0.2, -0.15) is 5.10 Å². The Morgan fingerprint density at radius 3 is 2.84 bits per heavy atom. The molecule has 0 aliphatic heterocycles. The number of fused-ring (bicyclic) bond motifs is 1. The second-order valence-corrected chi connectivity index (χ2v) is 4.31. The number of hydrogen-bond donors (Lipinski definition) is 2. The Balaban J connectivity index is 2.01. The molecule has 3 rings (SSSR count). The lowest BCUT2D eigenvalue weighted by atomic mass is 10.1. The summed E-state index contributed by atoms with van der Waals surface area (Å²) in [6.45, 7) is 0.525. The lowest BCUT2D eigenvalue weighted by molar-refractivity contribution is 1.05. The number of nitrogens with zero attached hydrogens (tertiary/aromatic N) is 2. The first-order valence-corrected chi connectivity index (χ1v) is 6.13. The minimum Gasteiger partial charge on any atom is -0.338 e. The van der Waals surface area contributed by atoms with Crippen LogP contribution in [0.5, 0.6) is 0 Å². The fraction of sp³-hybridized carbons (Fsp3) is 0.0667. The van der Waals surface area contributed by atoms with E-state index in [4.69, 9.17) is 5.73 Å². The fourth-order valence-electron chi connectivity index (χ4n) is 2.03. The van der Waals surface area contributed by atoms with Crippen molar-refractivity contribution in [1.82, 2.24) is 10.2 Å². The Hall–Kier alpha value is -2.46. The van der Waals surface area contributed by atoms with E-state index in [1.54, 1.807) is 6.20 Å². The van der Waals surface area contributed by atoms with Gasteiger partial charge in [0.25, 0.3) is 0 Å². The van der Waals surface area contributed by atoms with E-state index in [9.17, 15) is 0 Å². The van der Waals surface area contributed by atoms with Crippen LogP contribution >= 0.6 is 0 Å². The van der Waals surface area contributed by atoms with Crippen molar-refractivity contribution in [2.75, 3.05) is 5.32 Å². The van der Waals surface area contributed by atoms with Gasteiger partial charge in [0.2, 0.25) is 0 Å². The first-order valence-electron chi connectivity index (χ1n) is 6.13. The Morgan fingerprint density at radius 2 is 1.95 bits per heavy atom. The van der Waals surface area contributed by atoms with E-state index < -0.39 is 0 Å². The van der Waals surface area contributed by atoms with Gasteiger partial charge in [0.1, 0.15) is 0 Å². The summed E-state index contributed by atoms with van der Waals surface area (Å²) < 4.78 is 0. The lowest BCUT2D eigenvalue weighted by Gasteiger charge is -2.08. The molecule has 3 aromatic rings. The molecule has 0 radical (unpaired) electrons. The maximum atomic E-state index is 5.65. The highest BCUT2D eigenvalue weighted by Crippen LogP contribution is 2.23. The van der Waals surface area contributed by atoms with Crippen LogP contribution in [-0.4, -0.2) is 10.2 Å². The van der Waals surface area contributed by atoms with Crippen LogP contribution in [0.25, 0.3) is 10.8 Å². The Bertz CT molecular complexity index is 704. The van der Waals surface area contributed by atoms with Crippen molar-refractivity contribution in [3.05, 3.63) is 60.3 Å². The molecular formula is C15H14N4. The zero-order valence-corrected chi connectivity index (χ0v) is 10.4. The second kappa shape index (κ2) is 5.04. The van der Waals surface area contributed by atoms with E-state index in [0.29, 0.717) is 6.54 Å². The summed E-state index contributed by atoms with van der Waals surface area (Å²) in [7, 11) is 0. The molecule has 94 valence electrons. The Labute approximate surface area is 111 Å². The summed E-state index contributed by atoms with van der Waals surface area (Å²) in [6.07, 6.45) is 1.76. The average molecular weight is 250 g/mol. The van der Waals surface area contributed by atoms with Crippen LogP contribution in [0, 0.1) is 0 Å². The molecule has 19 heavy (non-hydrogen) atoms. The topological polar surface area (TPSA) is 63.8 Å². The van der Waals surface area contributed by atoms with Crippen LogP contribution in [0.4, 0.5) is 11.5 Å². The zero-order chi connectivity index (χ0) is 13.1. The maximum Gasteiger partial charge on any atom is 0.160 e. The predicted octanol–water partition coefficient (Wildman–Crippen LogP) is 2.83. The smallest absolute Gasteiger partial charge is 0.160 e. The third-order valence-corrected chi connectivity index (χ3v) is 3.00. The zero-order valence-electron chi connectivity index (χ0n) is 10.4. The van der Waals surface area contributed by atoms with Gasteiger partial charge < -0.3 is 11.1 Å². The van der Waals surface area contributed by atoms with E-state index in [2.05, 4.69) is 15.5 Å². The highest BCUT2D eigenvalue weighted by Gasteiger charge is 2.03. The number of hydrogen-bond acceptors (Lipinski definition) is 4. The molecule has 0 amide bonds. The monoisotopic (exact) mass is 250 g/mol. The van der Waals surface area contributed by atoms with Gasteiger partial charge in [-0.05, 0) is 17.7 Å². The fourth-order valence-corrected chi connectivity index (χ4v) is 2.03. The molecule has 0 unspecified atom stereocenters. The molecule has 0 spiro atoms. The predicted molar refractivity (Wildman–Crippen MR) is 77.2 cm³/mol. The number of nitrogens with one attached hydrogen (secondary N) is 1. The summed E-state index contributed by atoms with van der Waals surface area (Å²) in [5, 5.41) is 13.6. The molecule has 4 nitrogen and oxygen atoms in total. The van der Waals surface area contributed by atoms with Gasteiger partial charge in [-0.3, -0.25) is 0 Å². The summed E-state index contributed by atoms with van der Waals surface area (Å²) in [5.41, 5.74) is 7.69. The van der Waals surface area contributed by atoms with Crippen LogP contribution in [0.2, 0.25) is 0 Å². The molecule has 4 heteroatoms. The van der Waals surface area contributed by atoms with Crippen molar-refractivity contribution >= 4 is 22.3 Å². The van der Waals surface area contributed by atoms with Gasteiger partial charge in [0, 0.05) is 23.0 Å². The van der Waals surface area contributed by atoms with Crippen molar-refractivity contribution < 1.29 is 0 Å². The van der Waals surface area contributed by atoms with Gasteiger partial charge in [-0.25, -0.2) is 0 Å². The maximum absolute atomic E-state index is 5.65. The largest absolute Gasteiger partial charge is 0.338 e. The summed E-state index contributed by atoms with van der Waals surface area (Å²) in [5.74, 6) is 0.757. The summed E-state index contributed by atoms with van der Waals surface area (Å²) in [4.78, 5) is 0. The normalized spacial score (nSPS) is 10.6. The van der Waals surface area contributed by atoms with Gasteiger partial charge >= 0.3 is 0 Å². The van der Waals surface area contributed by atoms with Gasteiger partial charge in [0.15, 0.2) is 5.82 Å². The molecule has 1 aromatic heterocycles. The molecule has 1 heterocycles. The van der Waals surface area contributed by atoms with Crippen LogP contribution in [0.1, 0.15) is 5.56 Å². The van der Waals surface area contributed by atoms with E-state index in [0.717, 1.165) is 27.8 Å². The van der Waals surface area contributed by atoms with E-state index in [1.165, 1.54) is 0 Å². The van der Waals surface area contributed by atoms with Crippen molar-refractivity contribution in [3.8, 4) is 0 Å². The number of aromatic nitrogens is 2. The lowest BCUT2D eigenvalue weighted by Crippen LogP contribution is -1.99. The molecule has 0 saturated heterocycles. The van der Waals surface area contributed by atoms with Gasteiger partial charge in [-0.1, -0.05) is 36.4 Å². The number of benzene rings is 2. The number of rotatable bonds is 3. The van der Waals surface area contributed by atoms with Crippen molar-refractivity contribution in [1.29, 1.82) is 0 Å². The second-order valence-electron chi connectivity index (χ2n) is 4.31. The first kappa shape index (κ1) is 11.6. The quantitative estimate of drug-likeness (QED) is 0.750. The third kappa shape index (κ3) is 2.39. The molecular weight excluding hydrogens is 236 g/mol. The first-order chi connectivity index (χ1) is 9.36. The molecule has 0 saturated carbocycles. The van der Waals surface area contributed by atoms with Crippen molar-refractivity contribution in [2.24, 2.45) is 5.73 Å². The average Bonchev–Trinajstić information content (AvgIpc) is 2.48. The molecule has 0 aliphatic carbocycles. The van der Waals surface area contributed by atoms with Crippen molar-refractivity contribution in [3.63, 3.8) is 0 Å². The van der Waals surface area contributed by atoms with Gasteiger partial charge in [-0.15, -0.1) is 5.10 Å². The highest BCUT2D eigenvalue weighted by atomic mass is 15.2. The number of nitrogens with two attached hydrogens (primary N) is 1. The van der Waals surface area contributed by atoms with E-state index in [-0.39, 0.29) is 0 Å². The molecule has 0 atom stereocenters. The Kier molecular flexibility index (Phi) is 3.08. The SMILES string of the molecule is NCc1cccc(Nc2nncc3ccccc23)c1. The number of anilines is 2. The van der Waals surface area contributed by atoms with Gasteiger partial charge in [0.05, 0.1) is 6.20 Å². The summed E-state index contributed by atoms with van der Waals surface area (Å²) >= 11 is 0. The molecule has 3 N–H and O–H groups in total. The van der Waals surface area contributed by atoms with E-state index >= 15 is 0 Å². The van der Waals surface area contributed by atoms with Crippen LogP contribution < -0.4 is 11.1 Å². The molecule has 2 aromatic carbocycles. The third-order valence-electron chi connectivity index (χ3n) is 3.00. The van der Waals surface area contributed by atoms with Crippen molar-refractivity contribution in [2.45, 2.75) is 6.54 Å². The molecule has 0 bridgehead atoms. The van der Waals surface area contributed by atoms with Crippen LogP contribution in [0.15, 0.2) is 54.7 Å².